The third-order valence-corrected chi connectivity index (χ3v) is 3.40. The van der Waals surface area contributed by atoms with Crippen molar-refractivity contribution in [3.63, 3.8) is 0 Å². The SMILES string of the molecule is CC(CN(C)C)NC(=O)[C@H]1[C@@H](C(=O)O)C1(C)C. The van der Waals surface area contributed by atoms with Gasteiger partial charge >= 0.3 is 5.97 Å². The number of nitrogens with one attached hydrogen (secondary N) is 1. The molecule has 2 N–H and O–H groups in total. The van der Waals surface area contributed by atoms with Crippen LogP contribution in [0.15, 0.2) is 0 Å². The van der Waals surface area contributed by atoms with Gasteiger partial charge in [0.15, 0.2) is 0 Å². The quantitative estimate of drug-likeness (QED) is 0.732. The largest absolute Gasteiger partial charge is 0.481 e. The molecule has 0 aromatic carbocycles. The summed E-state index contributed by atoms with van der Waals surface area (Å²) >= 11 is 0. The zero-order valence-electron chi connectivity index (χ0n) is 11.2. The standard InChI is InChI=1S/C12H22N2O3/c1-7(6-14(4)5)13-10(15)8-9(11(16)17)12(8,2)3/h7-9H,6H2,1-5H3,(H,13,15)(H,16,17)/t7?,8-,9+/m1/s1. The molecule has 3 atom stereocenters. The molecular weight excluding hydrogens is 220 g/mol. The first-order valence-electron chi connectivity index (χ1n) is 5.85. The lowest BCUT2D eigenvalue weighted by Crippen LogP contribution is -2.41. The molecule has 1 unspecified atom stereocenters. The van der Waals surface area contributed by atoms with Gasteiger partial charge in [-0.1, -0.05) is 13.8 Å². The Morgan fingerprint density at radius 2 is 1.88 bits per heavy atom. The van der Waals surface area contributed by atoms with Crippen LogP contribution in [0, 0.1) is 17.3 Å². The van der Waals surface area contributed by atoms with E-state index in [2.05, 4.69) is 5.32 Å². The lowest BCUT2D eigenvalue weighted by Gasteiger charge is -2.18. The number of hydrogen-bond donors (Lipinski definition) is 2. The molecule has 0 aromatic rings. The monoisotopic (exact) mass is 242 g/mol. The first-order chi connectivity index (χ1) is 7.67. The van der Waals surface area contributed by atoms with Crippen LogP contribution in [-0.2, 0) is 9.59 Å². The molecule has 0 heterocycles. The molecule has 98 valence electrons. The summed E-state index contributed by atoms with van der Waals surface area (Å²) in [6.45, 7) is 6.32. The maximum atomic E-state index is 11.9. The number of nitrogens with zero attached hydrogens (tertiary/aromatic N) is 1. The second kappa shape index (κ2) is 4.64. The lowest BCUT2D eigenvalue weighted by atomic mass is 10.1. The molecule has 1 saturated carbocycles. The van der Waals surface area contributed by atoms with Gasteiger partial charge in [0.25, 0.3) is 0 Å². The normalized spacial score (nSPS) is 27.6. The van der Waals surface area contributed by atoms with E-state index in [1.165, 1.54) is 0 Å². The summed E-state index contributed by atoms with van der Waals surface area (Å²) in [5.41, 5.74) is -0.423. The van der Waals surface area contributed by atoms with Gasteiger partial charge in [-0.15, -0.1) is 0 Å². The Morgan fingerprint density at radius 1 is 1.35 bits per heavy atom. The Morgan fingerprint density at radius 3 is 2.24 bits per heavy atom. The Hall–Kier alpha value is -1.10. The van der Waals surface area contributed by atoms with Gasteiger partial charge in [-0.05, 0) is 26.4 Å². The minimum Gasteiger partial charge on any atom is -0.481 e. The van der Waals surface area contributed by atoms with Crippen LogP contribution in [0.25, 0.3) is 0 Å². The van der Waals surface area contributed by atoms with Gasteiger partial charge in [0.05, 0.1) is 11.8 Å². The van der Waals surface area contributed by atoms with Crippen LogP contribution in [0.3, 0.4) is 0 Å². The van der Waals surface area contributed by atoms with Crippen molar-refractivity contribution in [3.8, 4) is 0 Å². The summed E-state index contributed by atoms with van der Waals surface area (Å²) in [5.74, 6) is -1.97. The van der Waals surface area contributed by atoms with Gasteiger partial charge in [-0.2, -0.15) is 0 Å². The number of likely N-dealkylation sites (N-methyl/N-ethyl adjacent to an activating group) is 1. The maximum absolute atomic E-state index is 11.9. The Labute approximate surface area is 102 Å². The Kier molecular flexibility index (Phi) is 3.81. The van der Waals surface area contributed by atoms with Gasteiger partial charge in [-0.25, -0.2) is 0 Å². The maximum Gasteiger partial charge on any atom is 0.307 e. The predicted octanol–water partition coefficient (Wildman–Crippen LogP) is 0.410. The molecule has 1 amide bonds. The van der Waals surface area contributed by atoms with E-state index in [0.29, 0.717) is 0 Å². The van der Waals surface area contributed by atoms with Gasteiger partial charge < -0.3 is 15.3 Å². The van der Waals surface area contributed by atoms with Crippen molar-refractivity contribution >= 4 is 11.9 Å². The third-order valence-electron chi connectivity index (χ3n) is 3.40. The average Bonchev–Trinajstić information content (AvgIpc) is 2.66. The third kappa shape index (κ3) is 2.97. The minimum absolute atomic E-state index is 0.0309. The summed E-state index contributed by atoms with van der Waals surface area (Å²) in [4.78, 5) is 24.9. The predicted molar refractivity (Wildman–Crippen MR) is 64.6 cm³/mol. The summed E-state index contributed by atoms with van der Waals surface area (Å²) in [5, 5.41) is 11.9. The number of rotatable bonds is 5. The van der Waals surface area contributed by atoms with E-state index in [9.17, 15) is 9.59 Å². The van der Waals surface area contributed by atoms with E-state index in [-0.39, 0.29) is 11.9 Å². The minimum atomic E-state index is -0.879. The number of aliphatic carboxylic acids is 1. The number of carboxylic acid groups (broad SMARTS) is 1. The fraction of sp³-hybridized carbons (Fsp3) is 0.833. The fourth-order valence-electron chi connectivity index (χ4n) is 2.51. The molecule has 0 radical (unpaired) electrons. The number of hydrogen-bond acceptors (Lipinski definition) is 3. The molecule has 1 rings (SSSR count). The van der Waals surface area contributed by atoms with Crippen molar-refractivity contribution in [2.75, 3.05) is 20.6 Å². The van der Waals surface area contributed by atoms with Crippen LogP contribution < -0.4 is 5.32 Å². The van der Waals surface area contributed by atoms with Crippen molar-refractivity contribution in [1.82, 2.24) is 10.2 Å². The lowest BCUT2D eigenvalue weighted by molar-refractivity contribution is -0.140. The first-order valence-corrected chi connectivity index (χ1v) is 5.85. The fourth-order valence-corrected chi connectivity index (χ4v) is 2.51. The summed E-state index contributed by atoms with van der Waals surface area (Å²) in [6, 6.07) is 0.0309. The van der Waals surface area contributed by atoms with Crippen LogP contribution in [0.2, 0.25) is 0 Å². The highest BCUT2D eigenvalue weighted by Crippen LogP contribution is 2.58. The van der Waals surface area contributed by atoms with Crippen molar-refractivity contribution < 1.29 is 14.7 Å². The molecule has 5 heteroatoms. The Bertz CT molecular complexity index is 326. The molecule has 0 aliphatic heterocycles. The van der Waals surface area contributed by atoms with Crippen molar-refractivity contribution in [1.29, 1.82) is 0 Å². The van der Waals surface area contributed by atoms with E-state index in [1.54, 1.807) is 0 Å². The van der Waals surface area contributed by atoms with Crippen LogP contribution in [0.5, 0.6) is 0 Å². The topological polar surface area (TPSA) is 69.6 Å². The summed E-state index contributed by atoms with van der Waals surface area (Å²) in [7, 11) is 3.87. The van der Waals surface area contributed by atoms with E-state index in [1.807, 2.05) is 39.8 Å². The highest BCUT2D eigenvalue weighted by Gasteiger charge is 2.65. The van der Waals surface area contributed by atoms with E-state index >= 15 is 0 Å². The number of carboxylic acids is 1. The molecule has 1 fully saturated rings. The molecule has 1 aliphatic carbocycles. The number of amides is 1. The summed E-state index contributed by atoms with van der Waals surface area (Å²) < 4.78 is 0. The summed E-state index contributed by atoms with van der Waals surface area (Å²) in [6.07, 6.45) is 0. The molecule has 0 saturated heterocycles. The van der Waals surface area contributed by atoms with Crippen molar-refractivity contribution in [3.05, 3.63) is 0 Å². The van der Waals surface area contributed by atoms with Gasteiger partial charge in [0, 0.05) is 12.6 Å². The van der Waals surface area contributed by atoms with Crippen LogP contribution in [0.1, 0.15) is 20.8 Å². The average molecular weight is 242 g/mol. The molecule has 0 bridgehead atoms. The smallest absolute Gasteiger partial charge is 0.307 e. The molecule has 17 heavy (non-hydrogen) atoms. The molecular formula is C12H22N2O3. The van der Waals surface area contributed by atoms with E-state index in [0.717, 1.165) is 6.54 Å². The van der Waals surface area contributed by atoms with Crippen molar-refractivity contribution in [2.24, 2.45) is 17.3 Å². The second-order valence-electron chi connectivity index (χ2n) is 5.79. The van der Waals surface area contributed by atoms with Gasteiger partial charge in [0.1, 0.15) is 0 Å². The van der Waals surface area contributed by atoms with E-state index < -0.39 is 23.2 Å². The highest BCUT2D eigenvalue weighted by atomic mass is 16.4. The Balaban J connectivity index is 2.53. The second-order valence-corrected chi connectivity index (χ2v) is 5.79. The highest BCUT2D eigenvalue weighted by molar-refractivity contribution is 5.91. The molecule has 0 spiro atoms. The van der Waals surface area contributed by atoms with Gasteiger partial charge in [-0.3, -0.25) is 9.59 Å². The molecule has 1 aliphatic rings. The van der Waals surface area contributed by atoms with Gasteiger partial charge in [0.2, 0.25) is 5.91 Å². The van der Waals surface area contributed by atoms with E-state index in [4.69, 9.17) is 5.11 Å². The van der Waals surface area contributed by atoms with Crippen LogP contribution >= 0.6 is 0 Å². The van der Waals surface area contributed by atoms with Crippen LogP contribution in [-0.4, -0.2) is 48.6 Å². The zero-order valence-corrected chi connectivity index (χ0v) is 11.2. The van der Waals surface area contributed by atoms with Crippen molar-refractivity contribution in [2.45, 2.75) is 26.8 Å². The molecule has 0 aromatic heterocycles. The zero-order chi connectivity index (χ0) is 13.4. The van der Waals surface area contributed by atoms with Crippen LogP contribution in [0.4, 0.5) is 0 Å². The number of carbonyl (C=O) groups is 2. The molecule has 5 nitrogen and oxygen atoms in total. The number of carbonyl (C=O) groups excluding carboxylic acids is 1. The first kappa shape index (κ1) is 14.0.